The van der Waals surface area contributed by atoms with Crippen LogP contribution >= 0.6 is 0 Å². The van der Waals surface area contributed by atoms with Gasteiger partial charge in [0.05, 0.1) is 24.9 Å². The fourth-order valence-electron chi connectivity index (χ4n) is 11.5. The second kappa shape index (κ2) is 13.1. The fraction of sp³-hybridized carbons (Fsp3) is 0.895. The Bertz CT molecular complexity index is 1340. The van der Waals surface area contributed by atoms with Gasteiger partial charge in [0.25, 0.3) is 0 Å². The van der Waals surface area contributed by atoms with Gasteiger partial charge in [0.15, 0.2) is 12.1 Å². The lowest BCUT2D eigenvalue weighted by Gasteiger charge is -2.66. The Kier molecular flexibility index (Phi) is 10.4. The molecule has 12 nitrogen and oxygen atoms in total. The van der Waals surface area contributed by atoms with Gasteiger partial charge in [-0.25, -0.2) is 0 Å². The summed E-state index contributed by atoms with van der Waals surface area (Å²) in [7, 11) is 0. The van der Waals surface area contributed by atoms with Crippen LogP contribution in [-0.4, -0.2) is 114 Å². The molecule has 5 rings (SSSR count). The summed E-state index contributed by atoms with van der Waals surface area (Å²) in [6, 6.07) is 0. The van der Waals surface area contributed by atoms with Crippen molar-refractivity contribution in [3.05, 3.63) is 11.6 Å². The Morgan fingerprint density at radius 1 is 0.960 bits per heavy atom. The maximum atomic E-state index is 13.8. The highest BCUT2D eigenvalue weighted by molar-refractivity contribution is 5.87. The van der Waals surface area contributed by atoms with Crippen LogP contribution in [-0.2, 0) is 23.8 Å². The van der Waals surface area contributed by atoms with Crippen LogP contribution in [0, 0.1) is 39.4 Å². The number of ketones is 1. The van der Waals surface area contributed by atoms with Crippen molar-refractivity contribution in [1.29, 1.82) is 0 Å². The highest BCUT2D eigenvalue weighted by Crippen LogP contribution is 2.75. The van der Waals surface area contributed by atoms with E-state index in [1.807, 2.05) is 13.8 Å². The van der Waals surface area contributed by atoms with E-state index in [1.54, 1.807) is 13.8 Å². The quantitative estimate of drug-likeness (QED) is 0.136. The summed E-state index contributed by atoms with van der Waals surface area (Å²) in [5, 5.41) is 76.6. The third kappa shape index (κ3) is 6.12. The fourth-order valence-corrected chi connectivity index (χ4v) is 11.5. The molecule has 0 unspecified atom stereocenters. The predicted octanol–water partition coefficient (Wildman–Crippen LogP) is 2.16. The molecule has 7 N–H and O–H groups in total. The summed E-state index contributed by atoms with van der Waals surface area (Å²) in [5.74, 6) is -1.55. The van der Waals surface area contributed by atoms with Gasteiger partial charge in [0.2, 0.25) is 0 Å². The van der Waals surface area contributed by atoms with Crippen LogP contribution in [0.1, 0.15) is 107 Å². The van der Waals surface area contributed by atoms with Crippen LogP contribution in [0.5, 0.6) is 0 Å². The van der Waals surface area contributed by atoms with Gasteiger partial charge in [-0.15, -0.1) is 0 Å². The summed E-state index contributed by atoms with van der Waals surface area (Å²) in [4.78, 5) is 25.3. The zero-order valence-corrected chi connectivity index (χ0v) is 31.3. The molecular formula is C38H62O12. The number of carbonyl (C=O) groups excluding carboxylic acids is 2. The maximum absolute atomic E-state index is 13.8. The summed E-state index contributed by atoms with van der Waals surface area (Å²) in [5.41, 5.74) is -3.67. The highest BCUT2D eigenvalue weighted by atomic mass is 16.7. The van der Waals surface area contributed by atoms with Gasteiger partial charge in [0.1, 0.15) is 35.6 Å². The van der Waals surface area contributed by atoms with E-state index in [-0.39, 0.29) is 35.9 Å². The number of hydrogen-bond acceptors (Lipinski definition) is 12. The third-order valence-corrected chi connectivity index (χ3v) is 14.5. The van der Waals surface area contributed by atoms with Crippen molar-refractivity contribution >= 4 is 11.8 Å². The van der Waals surface area contributed by atoms with Crippen LogP contribution in [0.15, 0.2) is 11.6 Å². The van der Waals surface area contributed by atoms with Gasteiger partial charge in [-0.05, 0) is 87.4 Å². The van der Waals surface area contributed by atoms with E-state index >= 15 is 0 Å². The van der Waals surface area contributed by atoms with Crippen LogP contribution < -0.4 is 0 Å². The summed E-state index contributed by atoms with van der Waals surface area (Å²) in [6.07, 6.45) is -4.61. The lowest BCUT2D eigenvalue weighted by atomic mass is 9.38. The van der Waals surface area contributed by atoms with Crippen molar-refractivity contribution in [2.45, 2.75) is 167 Å². The number of aliphatic hydroxyl groups excluding tert-OH is 6. The molecule has 0 spiro atoms. The smallest absolute Gasteiger partial charge is 0.303 e. The Balaban J connectivity index is 1.42. The zero-order chi connectivity index (χ0) is 37.6. The number of esters is 1. The molecule has 1 saturated heterocycles. The summed E-state index contributed by atoms with van der Waals surface area (Å²) < 4.78 is 17.3. The second-order valence-electron chi connectivity index (χ2n) is 18.3. The molecule has 1 heterocycles. The average Bonchev–Trinajstić information content (AvgIpc) is 3.23. The lowest BCUT2D eigenvalue weighted by molar-refractivity contribution is -0.324. The minimum absolute atomic E-state index is 0.00808. The molecule has 50 heavy (non-hydrogen) atoms. The maximum Gasteiger partial charge on any atom is 0.303 e. The molecule has 0 radical (unpaired) electrons. The van der Waals surface area contributed by atoms with Gasteiger partial charge >= 0.3 is 5.97 Å². The number of ether oxygens (including phenoxy) is 3. The molecule has 0 amide bonds. The van der Waals surface area contributed by atoms with E-state index in [4.69, 9.17) is 14.2 Å². The van der Waals surface area contributed by atoms with Crippen molar-refractivity contribution < 1.29 is 59.5 Å². The molecule has 4 fully saturated rings. The van der Waals surface area contributed by atoms with Crippen molar-refractivity contribution in [3.8, 4) is 0 Å². The van der Waals surface area contributed by atoms with Crippen molar-refractivity contribution in [3.63, 3.8) is 0 Å². The zero-order valence-electron chi connectivity index (χ0n) is 31.3. The van der Waals surface area contributed by atoms with Crippen molar-refractivity contribution in [2.24, 2.45) is 39.4 Å². The SMILES string of the molecule is CC(=O)OC(C)(C)CCC(=O)[C@](C)(O)[C@H]1[C@H](O)C[C@@]2(C)[C@@H]3CC=C4[C@H](C[C@H](O[C@@H]5O[C@H](CO)[C@@H](O)[C@H](O)[C@H]5O)[C@H](O)C4(C)C)[C@]3(C)CC[C@]12C. The molecule has 0 aromatic rings. The number of Topliss-reactive ketones (excluding diaryl/α,β-unsaturated/α-hetero) is 1. The van der Waals surface area contributed by atoms with Crippen LogP contribution in [0.4, 0.5) is 0 Å². The number of hydrogen-bond donors (Lipinski definition) is 7. The number of allylic oxidation sites excluding steroid dienone is 1. The van der Waals surface area contributed by atoms with Gasteiger partial charge in [-0.2, -0.15) is 0 Å². The average molecular weight is 711 g/mol. The molecular weight excluding hydrogens is 648 g/mol. The number of carbonyl (C=O) groups is 2. The monoisotopic (exact) mass is 710 g/mol. The molecule has 1 aliphatic heterocycles. The van der Waals surface area contributed by atoms with Crippen molar-refractivity contribution in [2.75, 3.05) is 6.61 Å². The molecule has 12 heteroatoms. The minimum atomic E-state index is -1.82. The van der Waals surface area contributed by atoms with Crippen molar-refractivity contribution in [1.82, 2.24) is 0 Å². The standard InChI is InChI=1S/C38H62O12/c1-19(40)50-33(2,3)13-12-26(42)38(9,47)30-22(41)17-37(8)25-11-10-20-21(35(25,6)14-15-36(30,37)7)16-23(31(46)34(20,4)5)48-32-29(45)28(44)27(43)24(18-39)49-32/h10,21-25,27-32,39,41,43-47H,11-18H2,1-9H3/t21-,22+,23-,24+,25+,27+,28-,29+,30-,31-,32+,35-,36+,37-,38-/m0/s1. The molecule has 0 bridgehead atoms. The molecule has 5 aliphatic rings. The van der Waals surface area contributed by atoms with E-state index in [9.17, 15) is 45.3 Å². The van der Waals surface area contributed by atoms with Crippen LogP contribution in [0.3, 0.4) is 0 Å². The van der Waals surface area contributed by atoms with Crippen LogP contribution in [0.25, 0.3) is 0 Å². The molecule has 0 aromatic carbocycles. The highest BCUT2D eigenvalue weighted by Gasteiger charge is 2.72. The first-order chi connectivity index (χ1) is 22.9. The first-order valence-corrected chi connectivity index (χ1v) is 18.4. The predicted molar refractivity (Wildman–Crippen MR) is 181 cm³/mol. The lowest BCUT2D eigenvalue weighted by Crippen LogP contribution is -2.64. The van der Waals surface area contributed by atoms with E-state index in [1.165, 1.54) is 13.8 Å². The van der Waals surface area contributed by atoms with E-state index in [0.29, 0.717) is 25.7 Å². The molecule has 286 valence electrons. The largest absolute Gasteiger partial charge is 0.460 e. The molecule has 15 atom stereocenters. The molecule has 3 saturated carbocycles. The topological polar surface area (TPSA) is 203 Å². The Morgan fingerprint density at radius 2 is 1.60 bits per heavy atom. The van der Waals surface area contributed by atoms with Gasteiger partial charge < -0.3 is 50.0 Å². The normalized spacial score (nSPS) is 46.9. The summed E-state index contributed by atoms with van der Waals surface area (Å²) in [6.45, 7) is 16.2. The second-order valence-corrected chi connectivity index (χ2v) is 18.3. The Labute approximate surface area is 296 Å². The van der Waals surface area contributed by atoms with E-state index < -0.39 is 95.0 Å². The number of rotatable bonds is 9. The summed E-state index contributed by atoms with van der Waals surface area (Å²) >= 11 is 0. The third-order valence-electron chi connectivity index (χ3n) is 14.5. The Morgan fingerprint density at radius 3 is 2.20 bits per heavy atom. The minimum Gasteiger partial charge on any atom is -0.460 e. The first-order valence-electron chi connectivity index (χ1n) is 18.4. The van der Waals surface area contributed by atoms with E-state index in [2.05, 4.69) is 26.8 Å². The first kappa shape index (κ1) is 39.7. The van der Waals surface area contributed by atoms with Gasteiger partial charge in [0, 0.05) is 24.7 Å². The Hall–Kier alpha value is -1.48. The van der Waals surface area contributed by atoms with Crippen LogP contribution in [0.2, 0.25) is 0 Å². The van der Waals surface area contributed by atoms with Gasteiger partial charge in [-0.1, -0.05) is 46.3 Å². The van der Waals surface area contributed by atoms with Gasteiger partial charge in [-0.3, -0.25) is 9.59 Å². The number of fused-ring (bicyclic) bond motifs is 5. The molecule has 4 aliphatic carbocycles. The molecule has 0 aromatic heterocycles. The number of aliphatic hydroxyl groups is 7. The van der Waals surface area contributed by atoms with E-state index in [0.717, 1.165) is 12.0 Å².